The molecule has 6 rings (SSSR count). The topological polar surface area (TPSA) is 155 Å². The first-order valence-corrected chi connectivity index (χ1v) is 16.0. The van der Waals surface area contributed by atoms with E-state index >= 15 is 4.39 Å². The zero-order valence-electron chi connectivity index (χ0n) is 27.7. The van der Waals surface area contributed by atoms with Crippen molar-refractivity contribution in [1.29, 1.82) is 0 Å². The number of ether oxygens (including phenoxy) is 3. The normalized spacial score (nSPS) is 12.3. The van der Waals surface area contributed by atoms with Crippen molar-refractivity contribution < 1.29 is 37.4 Å². The van der Waals surface area contributed by atoms with Crippen molar-refractivity contribution in [2.24, 2.45) is 0 Å². The highest BCUT2D eigenvalue weighted by atomic mass is 35.5. The number of amides is 1. The van der Waals surface area contributed by atoms with Crippen molar-refractivity contribution in [2.45, 2.75) is 52.8 Å². The van der Waals surface area contributed by atoms with Gasteiger partial charge in [0.05, 0.1) is 46.8 Å². The van der Waals surface area contributed by atoms with Gasteiger partial charge < -0.3 is 33.5 Å². The quantitative estimate of drug-likeness (QED) is 0.0958. The van der Waals surface area contributed by atoms with Crippen LogP contribution < -0.4 is 15.6 Å². The standard InChI is InChI=1S/C36H32ClFN4O8/c1-6-47-34(45)29-27(23-8-7-12-39-32(23)43)28-26(16-24(38)22-11-13-48-30(22)28)42(29)17-20-14-19-9-10-21(15-25(19)41-31(20)37)49-33(44)18(2)40-35(46)50-36(3,4)5/h7-16,18H,6,17H2,1-5H3,(H,39,43)(H,40,46)/t18-/m0/s1. The van der Waals surface area contributed by atoms with Crippen LogP contribution in [0.5, 0.6) is 5.75 Å². The van der Waals surface area contributed by atoms with Gasteiger partial charge in [0, 0.05) is 28.8 Å². The summed E-state index contributed by atoms with van der Waals surface area (Å²) in [6.07, 6.45) is 2.04. The fourth-order valence-electron chi connectivity index (χ4n) is 5.62. The SMILES string of the molecule is CCOC(=O)c1c(-c2ccc[nH]c2=O)c2c3occc3c(F)cc2n1Cc1cc2ccc(OC(=O)[C@H](C)NC(=O)OC(C)(C)C)cc2nc1Cl. The van der Waals surface area contributed by atoms with Crippen LogP contribution in [0.4, 0.5) is 9.18 Å². The van der Waals surface area contributed by atoms with Gasteiger partial charge in [-0.3, -0.25) is 4.79 Å². The molecule has 0 saturated carbocycles. The Morgan fingerprint density at radius 2 is 1.92 bits per heavy atom. The number of furan rings is 1. The van der Waals surface area contributed by atoms with Gasteiger partial charge in [-0.15, -0.1) is 0 Å². The van der Waals surface area contributed by atoms with Crippen LogP contribution in [0.15, 0.2) is 70.2 Å². The summed E-state index contributed by atoms with van der Waals surface area (Å²) in [6, 6.07) is 11.4. The lowest BCUT2D eigenvalue weighted by molar-refractivity contribution is -0.136. The lowest BCUT2D eigenvalue weighted by atomic mass is 10.0. The average molecular weight is 703 g/mol. The summed E-state index contributed by atoms with van der Waals surface area (Å²) in [5.74, 6) is -1.90. The smallest absolute Gasteiger partial charge is 0.408 e. The molecule has 1 amide bonds. The second kappa shape index (κ2) is 13.3. The van der Waals surface area contributed by atoms with Crippen molar-refractivity contribution in [3.05, 3.63) is 93.6 Å². The van der Waals surface area contributed by atoms with Crippen molar-refractivity contribution in [1.82, 2.24) is 19.9 Å². The van der Waals surface area contributed by atoms with Crippen LogP contribution in [0, 0.1) is 5.82 Å². The van der Waals surface area contributed by atoms with E-state index in [9.17, 15) is 19.2 Å². The van der Waals surface area contributed by atoms with Crippen LogP contribution in [-0.4, -0.2) is 50.8 Å². The summed E-state index contributed by atoms with van der Waals surface area (Å²) in [5.41, 5.74) is 0.413. The number of rotatable bonds is 8. The number of H-pyrrole nitrogens is 1. The monoisotopic (exact) mass is 702 g/mol. The van der Waals surface area contributed by atoms with E-state index in [-0.39, 0.29) is 57.4 Å². The first kappa shape index (κ1) is 34.2. The molecule has 0 radical (unpaired) electrons. The lowest BCUT2D eigenvalue weighted by Gasteiger charge is -2.21. The molecule has 4 heterocycles. The van der Waals surface area contributed by atoms with Crippen LogP contribution in [0.3, 0.4) is 0 Å². The number of pyridine rings is 2. The van der Waals surface area contributed by atoms with Crippen LogP contribution in [0.1, 0.15) is 50.7 Å². The van der Waals surface area contributed by atoms with E-state index in [2.05, 4.69) is 15.3 Å². The van der Waals surface area contributed by atoms with E-state index in [1.165, 1.54) is 42.1 Å². The van der Waals surface area contributed by atoms with Crippen molar-refractivity contribution in [3.8, 4) is 16.9 Å². The number of nitrogens with zero attached hydrogens (tertiary/aromatic N) is 2. The summed E-state index contributed by atoms with van der Waals surface area (Å²) in [7, 11) is 0. The minimum absolute atomic E-state index is 0.00520. The van der Waals surface area contributed by atoms with E-state index in [0.29, 0.717) is 21.9 Å². The second-order valence-corrected chi connectivity index (χ2v) is 12.8. The molecule has 0 aliphatic rings. The number of fused-ring (bicyclic) bond motifs is 4. The number of carbonyl (C=O) groups excluding carboxylic acids is 3. The molecule has 0 aliphatic heterocycles. The number of carbonyl (C=O) groups is 3. The van der Waals surface area contributed by atoms with Gasteiger partial charge in [-0.25, -0.2) is 23.8 Å². The van der Waals surface area contributed by atoms with Crippen LogP contribution >= 0.6 is 11.6 Å². The minimum atomic E-state index is -1.01. The average Bonchev–Trinajstić information content (AvgIpc) is 3.65. The van der Waals surface area contributed by atoms with E-state index in [1.54, 1.807) is 58.0 Å². The lowest BCUT2D eigenvalue weighted by Crippen LogP contribution is -2.43. The number of hydrogen-bond acceptors (Lipinski definition) is 9. The highest BCUT2D eigenvalue weighted by molar-refractivity contribution is 6.30. The molecule has 0 aliphatic carbocycles. The van der Waals surface area contributed by atoms with Gasteiger partial charge in [0.1, 0.15) is 39.6 Å². The zero-order chi connectivity index (χ0) is 35.9. The maximum atomic E-state index is 15.5. The Labute approximate surface area is 289 Å². The van der Waals surface area contributed by atoms with Gasteiger partial charge in [-0.1, -0.05) is 11.6 Å². The maximum absolute atomic E-state index is 15.5. The Bertz CT molecular complexity index is 2370. The molecule has 0 bridgehead atoms. The molecular weight excluding hydrogens is 671 g/mol. The summed E-state index contributed by atoms with van der Waals surface area (Å²) in [5, 5.41) is 3.62. The molecule has 0 fully saturated rings. The van der Waals surface area contributed by atoms with Crippen LogP contribution in [-0.2, 0) is 20.8 Å². The van der Waals surface area contributed by atoms with E-state index in [4.69, 9.17) is 30.2 Å². The van der Waals surface area contributed by atoms with Gasteiger partial charge in [-0.05, 0) is 77.1 Å². The molecule has 14 heteroatoms. The first-order valence-electron chi connectivity index (χ1n) is 15.6. The Balaban J connectivity index is 1.41. The molecule has 2 N–H and O–H groups in total. The van der Waals surface area contributed by atoms with Crippen molar-refractivity contribution >= 4 is 62.4 Å². The Hall–Kier alpha value is -5.69. The summed E-state index contributed by atoms with van der Waals surface area (Å²) in [6.45, 7) is 8.19. The predicted octanol–water partition coefficient (Wildman–Crippen LogP) is 7.13. The summed E-state index contributed by atoms with van der Waals surface area (Å²) in [4.78, 5) is 58.7. The van der Waals surface area contributed by atoms with Gasteiger partial charge in [0.15, 0.2) is 0 Å². The highest BCUT2D eigenvalue weighted by Crippen LogP contribution is 2.41. The van der Waals surface area contributed by atoms with Crippen molar-refractivity contribution in [2.75, 3.05) is 6.61 Å². The molecule has 50 heavy (non-hydrogen) atoms. The number of hydrogen-bond donors (Lipinski definition) is 2. The number of aromatic amines is 1. The molecule has 4 aromatic heterocycles. The van der Waals surface area contributed by atoms with Crippen LogP contribution in [0.25, 0.3) is 43.9 Å². The molecule has 1 atom stereocenters. The third kappa shape index (κ3) is 6.64. The van der Waals surface area contributed by atoms with Gasteiger partial charge in [-0.2, -0.15) is 0 Å². The number of nitrogens with one attached hydrogen (secondary N) is 2. The molecule has 258 valence electrons. The number of alkyl carbamates (subject to hydrolysis) is 1. The maximum Gasteiger partial charge on any atom is 0.408 e. The number of benzene rings is 2. The van der Waals surface area contributed by atoms with E-state index in [0.717, 1.165) is 0 Å². The number of halogens is 2. The van der Waals surface area contributed by atoms with Crippen LogP contribution in [0.2, 0.25) is 5.15 Å². The molecular formula is C36H32ClFN4O8. The molecule has 2 aromatic carbocycles. The van der Waals surface area contributed by atoms with Crippen molar-refractivity contribution in [3.63, 3.8) is 0 Å². The Morgan fingerprint density at radius 1 is 1.14 bits per heavy atom. The fourth-order valence-corrected chi connectivity index (χ4v) is 5.83. The zero-order valence-corrected chi connectivity index (χ0v) is 28.4. The fraction of sp³-hybridized carbons (Fsp3) is 0.250. The van der Waals surface area contributed by atoms with Gasteiger partial charge in [0.25, 0.3) is 5.56 Å². The molecule has 12 nitrogen and oxygen atoms in total. The molecule has 0 spiro atoms. The molecule has 0 saturated heterocycles. The summed E-state index contributed by atoms with van der Waals surface area (Å²) < 4.78 is 38.8. The molecule has 0 unspecified atom stereocenters. The third-order valence-corrected chi connectivity index (χ3v) is 8.05. The van der Waals surface area contributed by atoms with E-state index < -0.39 is 41.1 Å². The number of aromatic nitrogens is 3. The summed E-state index contributed by atoms with van der Waals surface area (Å²) >= 11 is 6.72. The predicted molar refractivity (Wildman–Crippen MR) is 184 cm³/mol. The van der Waals surface area contributed by atoms with Gasteiger partial charge >= 0.3 is 18.0 Å². The largest absolute Gasteiger partial charge is 0.463 e. The molecule has 6 aromatic rings. The Kier molecular flexibility index (Phi) is 9.10. The van der Waals surface area contributed by atoms with Gasteiger partial charge in [0.2, 0.25) is 0 Å². The first-order chi connectivity index (χ1) is 23.8. The second-order valence-electron chi connectivity index (χ2n) is 12.4. The third-order valence-electron chi connectivity index (χ3n) is 7.72. The van der Waals surface area contributed by atoms with E-state index in [1.807, 2.05) is 0 Å². The highest BCUT2D eigenvalue weighted by Gasteiger charge is 2.30. The number of esters is 2. The minimum Gasteiger partial charge on any atom is -0.463 e. The Morgan fingerprint density at radius 3 is 2.64 bits per heavy atom.